The SMILES string of the molecule is CCOC(=O)Cn1c(O)c(N=Nc2ncnc3sc(C)c(C)c23)c2ccccc21. The summed E-state index contributed by atoms with van der Waals surface area (Å²) >= 11 is 1.58. The van der Waals surface area contributed by atoms with E-state index in [4.69, 9.17) is 4.74 Å². The largest absolute Gasteiger partial charge is 0.493 e. The number of carbonyl (C=O) groups excluding carboxylic acids is 1. The highest BCUT2D eigenvalue weighted by Gasteiger charge is 2.19. The summed E-state index contributed by atoms with van der Waals surface area (Å²) in [5.74, 6) is -0.140. The van der Waals surface area contributed by atoms with Crippen LogP contribution in [0.25, 0.3) is 21.1 Å². The second-order valence-electron chi connectivity index (χ2n) is 6.44. The molecule has 0 saturated heterocycles. The number of fused-ring (bicyclic) bond motifs is 2. The van der Waals surface area contributed by atoms with E-state index in [9.17, 15) is 9.90 Å². The highest BCUT2D eigenvalue weighted by atomic mass is 32.1. The van der Waals surface area contributed by atoms with Gasteiger partial charge < -0.3 is 9.84 Å². The zero-order valence-corrected chi connectivity index (χ0v) is 17.0. The topological polar surface area (TPSA) is 102 Å². The van der Waals surface area contributed by atoms with Gasteiger partial charge in [0.1, 0.15) is 17.7 Å². The minimum atomic E-state index is -0.436. The van der Waals surface area contributed by atoms with Gasteiger partial charge in [0.15, 0.2) is 11.5 Å². The van der Waals surface area contributed by atoms with E-state index in [0.29, 0.717) is 16.7 Å². The average molecular weight is 409 g/mol. The Labute approximate surface area is 170 Å². The van der Waals surface area contributed by atoms with E-state index in [2.05, 4.69) is 20.2 Å². The maximum atomic E-state index is 12.0. The summed E-state index contributed by atoms with van der Waals surface area (Å²) in [6, 6.07) is 7.30. The number of aromatic nitrogens is 3. The van der Waals surface area contributed by atoms with E-state index in [1.165, 1.54) is 10.9 Å². The molecule has 0 aliphatic rings. The van der Waals surface area contributed by atoms with Crippen LogP contribution < -0.4 is 0 Å². The van der Waals surface area contributed by atoms with Gasteiger partial charge in [-0.2, -0.15) is 0 Å². The average Bonchev–Trinajstić information content (AvgIpc) is 3.15. The van der Waals surface area contributed by atoms with Gasteiger partial charge in [-0.25, -0.2) is 9.97 Å². The van der Waals surface area contributed by atoms with Crippen LogP contribution in [-0.2, 0) is 16.1 Å². The predicted molar refractivity (Wildman–Crippen MR) is 111 cm³/mol. The number of benzene rings is 1. The number of nitrogens with zero attached hydrogens (tertiary/aromatic N) is 5. The standard InChI is InChI=1S/C20H19N5O3S/c1-4-28-15(26)9-25-14-8-6-5-7-13(14)17(20(25)27)23-24-18-16-11(2)12(3)29-19(16)22-10-21-18/h5-8,10,27H,4,9H2,1-3H3. The number of azo groups is 1. The summed E-state index contributed by atoms with van der Waals surface area (Å²) in [6.07, 6.45) is 1.45. The van der Waals surface area contributed by atoms with Crippen LogP contribution in [0.3, 0.4) is 0 Å². The van der Waals surface area contributed by atoms with Crippen LogP contribution in [0.2, 0.25) is 0 Å². The highest BCUT2D eigenvalue weighted by Crippen LogP contribution is 2.40. The van der Waals surface area contributed by atoms with Gasteiger partial charge in [0.05, 0.1) is 17.5 Å². The lowest BCUT2D eigenvalue weighted by atomic mass is 10.2. The molecule has 1 aromatic carbocycles. The molecule has 0 spiro atoms. The minimum absolute atomic E-state index is 0.115. The molecule has 0 radical (unpaired) electrons. The number of rotatable bonds is 5. The molecule has 148 valence electrons. The lowest BCUT2D eigenvalue weighted by Crippen LogP contribution is -2.12. The molecule has 9 heteroatoms. The van der Waals surface area contributed by atoms with Crippen molar-refractivity contribution in [1.82, 2.24) is 14.5 Å². The Kier molecular flexibility index (Phi) is 4.98. The van der Waals surface area contributed by atoms with Crippen molar-refractivity contribution >= 4 is 49.9 Å². The lowest BCUT2D eigenvalue weighted by molar-refractivity contribution is -0.143. The van der Waals surface area contributed by atoms with Crippen molar-refractivity contribution < 1.29 is 14.6 Å². The number of aromatic hydroxyl groups is 1. The van der Waals surface area contributed by atoms with Crippen molar-refractivity contribution in [2.45, 2.75) is 27.3 Å². The Hall–Kier alpha value is -3.33. The van der Waals surface area contributed by atoms with Crippen molar-refractivity contribution in [2.24, 2.45) is 10.2 Å². The third-order valence-electron chi connectivity index (χ3n) is 4.70. The van der Waals surface area contributed by atoms with Crippen LogP contribution >= 0.6 is 11.3 Å². The number of hydrogen-bond donors (Lipinski definition) is 1. The van der Waals surface area contributed by atoms with Crippen molar-refractivity contribution in [3.8, 4) is 5.88 Å². The molecule has 0 bridgehead atoms. The fourth-order valence-electron chi connectivity index (χ4n) is 3.20. The Balaban J connectivity index is 1.81. The number of esters is 1. The van der Waals surface area contributed by atoms with Crippen LogP contribution in [-0.4, -0.2) is 32.2 Å². The lowest BCUT2D eigenvalue weighted by Gasteiger charge is -2.06. The summed E-state index contributed by atoms with van der Waals surface area (Å²) in [7, 11) is 0. The Bertz CT molecular complexity index is 1260. The fraction of sp³-hybridized carbons (Fsp3) is 0.250. The second-order valence-corrected chi connectivity index (χ2v) is 7.64. The van der Waals surface area contributed by atoms with E-state index < -0.39 is 5.97 Å². The third kappa shape index (κ3) is 3.33. The molecule has 0 aliphatic heterocycles. The van der Waals surface area contributed by atoms with Gasteiger partial charge in [-0.3, -0.25) is 9.36 Å². The molecule has 4 aromatic rings. The van der Waals surface area contributed by atoms with Crippen LogP contribution in [0.1, 0.15) is 17.4 Å². The van der Waals surface area contributed by atoms with Crippen molar-refractivity contribution in [3.05, 3.63) is 41.0 Å². The van der Waals surface area contributed by atoms with Crippen LogP contribution in [0.4, 0.5) is 11.5 Å². The maximum absolute atomic E-state index is 12.0. The first-order valence-corrected chi connectivity index (χ1v) is 9.91. The van der Waals surface area contributed by atoms with Gasteiger partial charge in [-0.1, -0.05) is 18.2 Å². The Morgan fingerprint density at radius 3 is 2.83 bits per heavy atom. The third-order valence-corrected chi connectivity index (χ3v) is 5.82. The summed E-state index contributed by atoms with van der Waals surface area (Å²) in [5, 5.41) is 20.9. The zero-order valence-electron chi connectivity index (χ0n) is 16.2. The molecule has 0 aliphatic carbocycles. The molecule has 3 heterocycles. The van der Waals surface area contributed by atoms with Crippen molar-refractivity contribution in [3.63, 3.8) is 0 Å². The van der Waals surface area contributed by atoms with Gasteiger partial charge in [0.25, 0.3) is 0 Å². The molecule has 8 nitrogen and oxygen atoms in total. The highest BCUT2D eigenvalue weighted by molar-refractivity contribution is 7.18. The molecule has 0 saturated carbocycles. The summed E-state index contributed by atoms with van der Waals surface area (Å²) < 4.78 is 6.48. The van der Waals surface area contributed by atoms with Crippen molar-refractivity contribution in [2.75, 3.05) is 6.61 Å². The first-order valence-electron chi connectivity index (χ1n) is 9.09. The summed E-state index contributed by atoms with van der Waals surface area (Å²) in [5.41, 5.74) is 2.01. The number of hydrogen-bond acceptors (Lipinski definition) is 8. The zero-order chi connectivity index (χ0) is 20.5. The molecule has 0 fully saturated rings. The van der Waals surface area contributed by atoms with Gasteiger partial charge in [-0.05, 0) is 32.4 Å². The monoisotopic (exact) mass is 409 g/mol. The first-order chi connectivity index (χ1) is 14.0. The van der Waals surface area contributed by atoms with Crippen LogP contribution in [0.15, 0.2) is 40.8 Å². The molecule has 0 atom stereocenters. The number of para-hydroxylation sites is 1. The maximum Gasteiger partial charge on any atom is 0.326 e. The smallest absolute Gasteiger partial charge is 0.326 e. The minimum Gasteiger partial charge on any atom is -0.493 e. The fourth-order valence-corrected chi connectivity index (χ4v) is 4.19. The number of ether oxygens (including phenoxy) is 1. The van der Waals surface area contributed by atoms with E-state index in [1.807, 2.05) is 38.1 Å². The van der Waals surface area contributed by atoms with E-state index in [0.717, 1.165) is 20.7 Å². The molecule has 3 aromatic heterocycles. The van der Waals surface area contributed by atoms with Gasteiger partial charge in [-0.15, -0.1) is 21.6 Å². The molecular formula is C20H19N5O3S. The predicted octanol–water partition coefficient (Wildman–Crippen LogP) is 4.95. The Morgan fingerprint density at radius 2 is 2.03 bits per heavy atom. The Morgan fingerprint density at radius 1 is 1.24 bits per heavy atom. The normalized spacial score (nSPS) is 11.7. The van der Waals surface area contributed by atoms with Gasteiger partial charge >= 0.3 is 5.97 Å². The van der Waals surface area contributed by atoms with Gasteiger partial charge in [0, 0.05) is 10.3 Å². The van der Waals surface area contributed by atoms with Crippen molar-refractivity contribution in [1.29, 1.82) is 0 Å². The second kappa shape index (κ2) is 7.59. The van der Waals surface area contributed by atoms with Gasteiger partial charge in [0.2, 0.25) is 5.88 Å². The summed E-state index contributed by atoms with van der Waals surface area (Å²) in [4.78, 5) is 22.5. The summed E-state index contributed by atoms with van der Waals surface area (Å²) in [6.45, 7) is 5.92. The molecule has 1 N–H and O–H groups in total. The van der Waals surface area contributed by atoms with Crippen LogP contribution in [0.5, 0.6) is 5.88 Å². The molecule has 0 unspecified atom stereocenters. The van der Waals surface area contributed by atoms with Crippen LogP contribution in [0, 0.1) is 13.8 Å². The molecule has 0 amide bonds. The van der Waals surface area contributed by atoms with E-state index >= 15 is 0 Å². The molecule has 29 heavy (non-hydrogen) atoms. The first kappa shape index (κ1) is 19.0. The van der Waals surface area contributed by atoms with E-state index in [-0.39, 0.29) is 24.7 Å². The number of aryl methyl sites for hydroxylation is 2. The molecular weight excluding hydrogens is 390 g/mol. The van der Waals surface area contributed by atoms with E-state index in [1.54, 1.807) is 18.3 Å². The number of thiophene rings is 1. The number of carbonyl (C=O) groups is 1. The quantitative estimate of drug-likeness (QED) is 0.371. The molecule has 4 rings (SSSR count).